The largest absolute Gasteiger partial charge is 0.508 e. The molecule has 0 radical (unpaired) electrons. The SMILES string of the molecule is CCOC(=O)N[C@@H](Cc1ccc(O)cc1)C(=O)N[C@H](C(=O)N[C@@H](C)C(=O)OC)C(C)CC. The van der Waals surface area contributed by atoms with Gasteiger partial charge in [0, 0.05) is 6.42 Å². The smallest absolute Gasteiger partial charge is 0.407 e. The molecule has 0 saturated carbocycles. The van der Waals surface area contributed by atoms with E-state index in [2.05, 4.69) is 20.7 Å². The fourth-order valence-corrected chi connectivity index (χ4v) is 2.89. The molecular weight excluding hydrogens is 418 g/mol. The number of carbonyl (C=O) groups excluding carboxylic acids is 4. The zero-order valence-electron chi connectivity index (χ0n) is 19.1. The van der Waals surface area contributed by atoms with E-state index in [0.29, 0.717) is 12.0 Å². The predicted molar refractivity (Wildman–Crippen MR) is 117 cm³/mol. The molecular formula is C22H33N3O7. The third-order valence-electron chi connectivity index (χ3n) is 4.97. The minimum Gasteiger partial charge on any atom is -0.508 e. The van der Waals surface area contributed by atoms with Crippen LogP contribution in [-0.4, -0.2) is 60.8 Å². The van der Waals surface area contributed by atoms with Crippen molar-refractivity contribution in [3.63, 3.8) is 0 Å². The molecule has 10 heteroatoms. The van der Waals surface area contributed by atoms with E-state index < -0.39 is 42.0 Å². The van der Waals surface area contributed by atoms with Crippen molar-refractivity contribution in [2.24, 2.45) is 5.92 Å². The Hall–Kier alpha value is -3.30. The number of amides is 3. The van der Waals surface area contributed by atoms with Gasteiger partial charge in [-0.1, -0.05) is 32.4 Å². The topological polar surface area (TPSA) is 143 Å². The molecule has 0 spiro atoms. The Morgan fingerprint density at radius 1 is 0.969 bits per heavy atom. The van der Waals surface area contributed by atoms with Crippen molar-refractivity contribution in [3.05, 3.63) is 29.8 Å². The second kappa shape index (κ2) is 13.2. The molecule has 178 valence electrons. The lowest BCUT2D eigenvalue weighted by Crippen LogP contribution is -2.57. The molecule has 1 aromatic rings. The van der Waals surface area contributed by atoms with Gasteiger partial charge in [0.05, 0.1) is 13.7 Å². The molecule has 0 heterocycles. The van der Waals surface area contributed by atoms with E-state index in [-0.39, 0.29) is 24.7 Å². The number of benzene rings is 1. The number of rotatable bonds is 11. The molecule has 0 bridgehead atoms. The highest BCUT2D eigenvalue weighted by atomic mass is 16.5. The van der Waals surface area contributed by atoms with Gasteiger partial charge < -0.3 is 30.5 Å². The quantitative estimate of drug-likeness (QED) is 0.371. The van der Waals surface area contributed by atoms with Crippen LogP contribution >= 0.6 is 0 Å². The molecule has 4 N–H and O–H groups in total. The Kier molecular flexibility index (Phi) is 11.0. The lowest BCUT2D eigenvalue weighted by molar-refractivity contribution is -0.145. The molecule has 0 aliphatic heterocycles. The molecule has 0 aromatic heterocycles. The van der Waals surface area contributed by atoms with Crippen molar-refractivity contribution < 1.29 is 33.8 Å². The van der Waals surface area contributed by atoms with Crippen LogP contribution < -0.4 is 16.0 Å². The normalized spacial score (nSPS) is 14.3. The van der Waals surface area contributed by atoms with E-state index in [0.717, 1.165) is 0 Å². The summed E-state index contributed by atoms with van der Waals surface area (Å²) in [6.45, 7) is 6.91. The summed E-state index contributed by atoms with van der Waals surface area (Å²) in [6, 6.07) is 3.33. The number of esters is 1. The van der Waals surface area contributed by atoms with E-state index in [4.69, 9.17) is 4.74 Å². The summed E-state index contributed by atoms with van der Waals surface area (Å²) < 4.78 is 9.51. The van der Waals surface area contributed by atoms with Crippen LogP contribution in [0, 0.1) is 5.92 Å². The van der Waals surface area contributed by atoms with Crippen LogP contribution in [0.4, 0.5) is 4.79 Å². The van der Waals surface area contributed by atoms with Crippen LogP contribution in [0.2, 0.25) is 0 Å². The third kappa shape index (κ3) is 8.44. The molecule has 0 fully saturated rings. The summed E-state index contributed by atoms with van der Waals surface area (Å²) in [7, 11) is 1.22. The molecule has 1 aromatic carbocycles. The lowest BCUT2D eigenvalue weighted by atomic mass is 9.97. The van der Waals surface area contributed by atoms with Gasteiger partial charge in [0.2, 0.25) is 11.8 Å². The maximum atomic E-state index is 13.1. The van der Waals surface area contributed by atoms with Gasteiger partial charge in [-0.25, -0.2) is 9.59 Å². The molecule has 0 saturated heterocycles. The Balaban J connectivity index is 3.03. The first-order chi connectivity index (χ1) is 15.1. The van der Waals surface area contributed by atoms with Gasteiger partial charge in [-0.05, 0) is 37.5 Å². The van der Waals surface area contributed by atoms with Crippen molar-refractivity contribution in [1.82, 2.24) is 16.0 Å². The van der Waals surface area contributed by atoms with E-state index in [1.54, 1.807) is 26.0 Å². The van der Waals surface area contributed by atoms with E-state index in [1.165, 1.54) is 26.2 Å². The Morgan fingerprint density at radius 2 is 1.59 bits per heavy atom. The van der Waals surface area contributed by atoms with Gasteiger partial charge in [-0.2, -0.15) is 0 Å². The highest BCUT2D eigenvalue weighted by molar-refractivity contribution is 5.93. The summed E-state index contributed by atoms with van der Waals surface area (Å²) in [5, 5.41) is 17.2. The van der Waals surface area contributed by atoms with Crippen molar-refractivity contribution >= 4 is 23.9 Å². The number of methoxy groups -OCH3 is 1. The average molecular weight is 452 g/mol. The molecule has 3 amide bonds. The second-order valence-corrected chi connectivity index (χ2v) is 7.41. The zero-order chi connectivity index (χ0) is 24.3. The zero-order valence-corrected chi connectivity index (χ0v) is 19.1. The van der Waals surface area contributed by atoms with Gasteiger partial charge in [-0.15, -0.1) is 0 Å². The Bertz CT molecular complexity index is 782. The number of hydrogen-bond acceptors (Lipinski definition) is 7. The maximum absolute atomic E-state index is 13.1. The predicted octanol–water partition coefficient (Wildman–Crippen LogP) is 1.26. The fraction of sp³-hybridized carbons (Fsp3) is 0.545. The molecule has 1 rings (SSSR count). The number of phenolic OH excluding ortho intramolecular Hbond substituents is 1. The third-order valence-corrected chi connectivity index (χ3v) is 4.97. The second-order valence-electron chi connectivity index (χ2n) is 7.41. The van der Waals surface area contributed by atoms with Crippen molar-refractivity contribution in [2.45, 2.75) is 58.7 Å². The molecule has 0 aliphatic carbocycles. The van der Waals surface area contributed by atoms with Gasteiger partial charge in [0.15, 0.2) is 0 Å². The minimum absolute atomic E-state index is 0.0707. The van der Waals surface area contributed by atoms with Crippen LogP contribution in [-0.2, 0) is 30.3 Å². The monoisotopic (exact) mass is 451 g/mol. The maximum Gasteiger partial charge on any atom is 0.407 e. The van der Waals surface area contributed by atoms with Gasteiger partial charge in [0.1, 0.15) is 23.9 Å². The van der Waals surface area contributed by atoms with Crippen LogP contribution in [0.3, 0.4) is 0 Å². The Morgan fingerprint density at radius 3 is 2.12 bits per heavy atom. The number of ether oxygens (including phenoxy) is 2. The van der Waals surface area contributed by atoms with E-state index in [9.17, 15) is 24.3 Å². The van der Waals surface area contributed by atoms with Crippen LogP contribution in [0.15, 0.2) is 24.3 Å². The van der Waals surface area contributed by atoms with Crippen LogP contribution in [0.1, 0.15) is 39.7 Å². The number of carbonyl (C=O) groups is 4. The minimum atomic E-state index is -1.03. The number of hydrogen-bond donors (Lipinski definition) is 4. The summed E-state index contributed by atoms with van der Waals surface area (Å²) in [4.78, 5) is 49.5. The fourth-order valence-electron chi connectivity index (χ4n) is 2.89. The summed E-state index contributed by atoms with van der Waals surface area (Å²) in [5.74, 6) is -1.91. The molecule has 4 atom stereocenters. The highest BCUT2D eigenvalue weighted by Crippen LogP contribution is 2.13. The van der Waals surface area contributed by atoms with Crippen molar-refractivity contribution in [3.8, 4) is 5.75 Å². The molecule has 1 unspecified atom stereocenters. The summed E-state index contributed by atoms with van der Waals surface area (Å²) in [6.07, 6.45) is -0.0765. The highest BCUT2D eigenvalue weighted by Gasteiger charge is 2.31. The molecule has 10 nitrogen and oxygen atoms in total. The van der Waals surface area contributed by atoms with Gasteiger partial charge >= 0.3 is 12.1 Å². The lowest BCUT2D eigenvalue weighted by Gasteiger charge is -2.27. The number of phenols is 1. The number of nitrogens with one attached hydrogen (secondary N) is 3. The van der Waals surface area contributed by atoms with Crippen LogP contribution in [0.25, 0.3) is 0 Å². The standard InChI is InChI=1S/C22H33N3O7/c1-6-13(3)18(20(28)23-14(4)21(29)31-5)25-19(27)17(24-22(30)32-7-2)12-15-8-10-16(26)11-9-15/h8-11,13-14,17-18,26H,6-7,12H2,1-5H3,(H,23,28)(H,24,30)(H,25,27)/t13?,14-,17-,18-/m0/s1. The van der Waals surface area contributed by atoms with Gasteiger partial charge in [-0.3, -0.25) is 9.59 Å². The molecule has 0 aliphatic rings. The number of aromatic hydroxyl groups is 1. The van der Waals surface area contributed by atoms with Crippen molar-refractivity contribution in [1.29, 1.82) is 0 Å². The summed E-state index contributed by atoms with van der Waals surface area (Å²) in [5.41, 5.74) is 0.684. The van der Waals surface area contributed by atoms with E-state index in [1.807, 2.05) is 6.92 Å². The summed E-state index contributed by atoms with van der Waals surface area (Å²) >= 11 is 0. The molecule has 32 heavy (non-hydrogen) atoms. The number of alkyl carbamates (subject to hydrolysis) is 1. The van der Waals surface area contributed by atoms with Crippen molar-refractivity contribution in [2.75, 3.05) is 13.7 Å². The Labute approximate surface area is 188 Å². The first-order valence-electron chi connectivity index (χ1n) is 10.5. The average Bonchev–Trinajstić information content (AvgIpc) is 2.77. The first-order valence-corrected chi connectivity index (χ1v) is 10.5. The van der Waals surface area contributed by atoms with E-state index >= 15 is 0 Å². The first kappa shape index (κ1) is 26.7. The van der Waals surface area contributed by atoms with Crippen LogP contribution in [0.5, 0.6) is 5.75 Å². The van der Waals surface area contributed by atoms with Gasteiger partial charge in [0.25, 0.3) is 0 Å².